The van der Waals surface area contributed by atoms with Gasteiger partial charge in [0, 0.05) is 16.6 Å². The summed E-state index contributed by atoms with van der Waals surface area (Å²) in [6.45, 7) is 4.72. The van der Waals surface area contributed by atoms with E-state index in [9.17, 15) is 0 Å². The first-order chi connectivity index (χ1) is 10.2. The molecule has 1 N–H and O–H groups in total. The molecule has 0 heterocycles. The lowest BCUT2D eigenvalue weighted by atomic mass is 9.97. The van der Waals surface area contributed by atoms with E-state index in [0.29, 0.717) is 6.61 Å². The number of hydrogen-bond donors (Lipinski definition) is 1. The number of para-hydroxylation sites is 1. The molecule has 1 unspecified atom stereocenters. The van der Waals surface area contributed by atoms with Crippen LogP contribution in [0.2, 0.25) is 5.02 Å². The molecule has 3 heteroatoms. The van der Waals surface area contributed by atoms with Crippen LogP contribution in [0.25, 0.3) is 0 Å². The van der Waals surface area contributed by atoms with Crippen molar-refractivity contribution in [3.8, 4) is 5.75 Å². The lowest BCUT2D eigenvalue weighted by Gasteiger charge is -2.20. The van der Waals surface area contributed by atoms with Crippen LogP contribution >= 0.6 is 11.6 Å². The summed E-state index contributed by atoms with van der Waals surface area (Å²) in [5.41, 5.74) is 3.49. The van der Waals surface area contributed by atoms with E-state index < -0.39 is 0 Å². The van der Waals surface area contributed by atoms with Crippen LogP contribution in [0, 0.1) is 6.92 Å². The maximum Gasteiger partial charge on any atom is 0.124 e. The van der Waals surface area contributed by atoms with E-state index in [2.05, 4.69) is 30.4 Å². The highest BCUT2D eigenvalue weighted by Gasteiger charge is 2.16. The van der Waals surface area contributed by atoms with Gasteiger partial charge in [-0.15, -0.1) is 0 Å². The van der Waals surface area contributed by atoms with E-state index in [1.165, 1.54) is 11.1 Å². The van der Waals surface area contributed by atoms with Gasteiger partial charge in [-0.2, -0.15) is 0 Å². The Kier molecular flexibility index (Phi) is 5.66. The number of likely N-dealkylation sites (N-methyl/N-ethyl adjacent to an activating group) is 1. The molecule has 0 aliphatic rings. The Bertz CT molecular complexity index is 598. The van der Waals surface area contributed by atoms with E-state index in [-0.39, 0.29) is 6.04 Å². The van der Waals surface area contributed by atoms with E-state index in [1.807, 2.05) is 38.2 Å². The standard InChI is InChI=1S/C18H22ClNO/c1-4-21-18-8-6-5-7-15(18)17(20-3)12-14-10-9-13(2)11-16(14)19/h5-11,17,20H,4,12H2,1-3H3. The van der Waals surface area contributed by atoms with Crippen molar-refractivity contribution in [3.63, 3.8) is 0 Å². The molecule has 0 aliphatic carbocycles. The van der Waals surface area contributed by atoms with Crippen LogP contribution in [0.1, 0.15) is 29.7 Å². The van der Waals surface area contributed by atoms with Gasteiger partial charge in [-0.25, -0.2) is 0 Å². The number of benzene rings is 2. The van der Waals surface area contributed by atoms with Crippen LogP contribution in [0.3, 0.4) is 0 Å². The molecule has 2 nitrogen and oxygen atoms in total. The molecule has 0 saturated carbocycles. The van der Waals surface area contributed by atoms with Gasteiger partial charge < -0.3 is 10.1 Å². The lowest BCUT2D eigenvalue weighted by molar-refractivity contribution is 0.332. The van der Waals surface area contributed by atoms with Crippen molar-refractivity contribution < 1.29 is 4.74 Å². The fourth-order valence-corrected chi connectivity index (χ4v) is 2.77. The van der Waals surface area contributed by atoms with Gasteiger partial charge in [-0.05, 0) is 50.6 Å². The van der Waals surface area contributed by atoms with Crippen molar-refractivity contribution in [3.05, 3.63) is 64.2 Å². The smallest absolute Gasteiger partial charge is 0.124 e. The number of ether oxygens (including phenoxy) is 1. The van der Waals surface area contributed by atoms with Crippen LogP contribution in [-0.2, 0) is 6.42 Å². The first kappa shape index (κ1) is 15.9. The summed E-state index contributed by atoms with van der Waals surface area (Å²) < 4.78 is 5.73. The predicted molar refractivity (Wildman–Crippen MR) is 89.3 cm³/mol. The van der Waals surface area contributed by atoms with Crippen molar-refractivity contribution in [1.29, 1.82) is 0 Å². The Labute approximate surface area is 132 Å². The number of aryl methyl sites for hydroxylation is 1. The van der Waals surface area contributed by atoms with Crippen molar-refractivity contribution >= 4 is 11.6 Å². The quantitative estimate of drug-likeness (QED) is 0.845. The molecule has 2 rings (SSSR count). The monoisotopic (exact) mass is 303 g/mol. The average molecular weight is 304 g/mol. The fourth-order valence-electron chi connectivity index (χ4n) is 2.46. The number of nitrogens with one attached hydrogen (secondary N) is 1. The molecular weight excluding hydrogens is 282 g/mol. The Morgan fingerprint density at radius 2 is 1.95 bits per heavy atom. The van der Waals surface area contributed by atoms with Gasteiger partial charge in [-0.1, -0.05) is 41.9 Å². The zero-order valence-corrected chi connectivity index (χ0v) is 13.6. The summed E-state index contributed by atoms with van der Waals surface area (Å²) in [6, 6.07) is 14.5. The van der Waals surface area contributed by atoms with Gasteiger partial charge >= 0.3 is 0 Å². The number of hydrogen-bond acceptors (Lipinski definition) is 2. The number of halogens is 1. The van der Waals surface area contributed by atoms with Crippen LogP contribution in [0.5, 0.6) is 5.75 Å². The van der Waals surface area contributed by atoms with Crippen LogP contribution in [0.4, 0.5) is 0 Å². The first-order valence-corrected chi connectivity index (χ1v) is 7.67. The Morgan fingerprint density at radius 3 is 2.62 bits per heavy atom. The van der Waals surface area contributed by atoms with Gasteiger partial charge in [0.05, 0.1) is 6.61 Å². The minimum Gasteiger partial charge on any atom is -0.494 e. The summed E-state index contributed by atoms with van der Waals surface area (Å²) in [7, 11) is 1.97. The van der Waals surface area contributed by atoms with Crippen molar-refractivity contribution in [2.75, 3.05) is 13.7 Å². The van der Waals surface area contributed by atoms with Gasteiger partial charge in [0.15, 0.2) is 0 Å². The summed E-state index contributed by atoms with van der Waals surface area (Å²) in [4.78, 5) is 0. The highest BCUT2D eigenvalue weighted by atomic mass is 35.5. The molecule has 1 atom stereocenters. The summed E-state index contributed by atoms with van der Waals surface area (Å²) in [5.74, 6) is 0.933. The Hall–Kier alpha value is -1.51. The molecule has 2 aromatic carbocycles. The predicted octanol–water partition coefficient (Wildman–Crippen LogP) is 4.55. The molecule has 0 saturated heterocycles. The van der Waals surface area contributed by atoms with Crippen molar-refractivity contribution in [2.45, 2.75) is 26.3 Å². The van der Waals surface area contributed by atoms with Crippen LogP contribution in [0.15, 0.2) is 42.5 Å². The summed E-state index contributed by atoms with van der Waals surface area (Å²) in [6.07, 6.45) is 0.833. The van der Waals surface area contributed by atoms with Gasteiger partial charge in [0.2, 0.25) is 0 Å². The minimum atomic E-state index is 0.174. The third-order valence-electron chi connectivity index (χ3n) is 3.58. The molecule has 0 radical (unpaired) electrons. The zero-order chi connectivity index (χ0) is 15.2. The molecule has 0 aliphatic heterocycles. The second kappa shape index (κ2) is 7.48. The third-order valence-corrected chi connectivity index (χ3v) is 3.93. The normalized spacial score (nSPS) is 12.2. The van der Waals surface area contributed by atoms with E-state index in [4.69, 9.17) is 16.3 Å². The van der Waals surface area contributed by atoms with Crippen molar-refractivity contribution in [1.82, 2.24) is 5.32 Å². The molecule has 0 fully saturated rings. The summed E-state index contributed by atoms with van der Waals surface area (Å²) in [5, 5.41) is 4.19. The van der Waals surface area contributed by atoms with E-state index >= 15 is 0 Å². The SMILES string of the molecule is CCOc1ccccc1C(Cc1ccc(C)cc1Cl)NC. The molecule has 21 heavy (non-hydrogen) atoms. The van der Waals surface area contributed by atoms with Gasteiger partial charge in [0.25, 0.3) is 0 Å². The molecule has 112 valence electrons. The molecule has 2 aromatic rings. The second-order valence-electron chi connectivity index (χ2n) is 5.11. The first-order valence-electron chi connectivity index (χ1n) is 7.29. The largest absolute Gasteiger partial charge is 0.494 e. The molecule has 0 spiro atoms. The maximum atomic E-state index is 6.36. The van der Waals surface area contributed by atoms with Gasteiger partial charge in [-0.3, -0.25) is 0 Å². The topological polar surface area (TPSA) is 21.3 Å². The van der Waals surface area contributed by atoms with Gasteiger partial charge in [0.1, 0.15) is 5.75 Å². The second-order valence-corrected chi connectivity index (χ2v) is 5.52. The zero-order valence-electron chi connectivity index (χ0n) is 12.8. The Balaban J connectivity index is 2.27. The van der Waals surface area contributed by atoms with E-state index in [1.54, 1.807) is 0 Å². The highest BCUT2D eigenvalue weighted by molar-refractivity contribution is 6.31. The lowest BCUT2D eigenvalue weighted by Crippen LogP contribution is -2.20. The minimum absolute atomic E-state index is 0.174. The molecule has 0 bridgehead atoms. The molecule has 0 aromatic heterocycles. The molecule has 0 amide bonds. The Morgan fingerprint density at radius 1 is 1.19 bits per heavy atom. The average Bonchev–Trinajstić information content (AvgIpc) is 2.48. The fraction of sp³-hybridized carbons (Fsp3) is 0.333. The molecular formula is C18H22ClNO. The van der Waals surface area contributed by atoms with Crippen LogP contribution in [-0.4, -0.2) is 13.7 Å². The third kappa shape index (κ3) is 3.99. The van der Waals surface area contributed by atoms with Crippen LogP contribution < -0.4 is 10.1 Å². The summed E-state index contributed by atoms with van der Waals surface area (Å²) >= 11 is 6.36. The van der Waals surface area contributed by atoms with Crippen molar-refractivity contribution in [2.24, 2.45) is 0 Å². The maximum absolute atomic E-state index is 6.36. The number of rotatable bonds is 6. The highest BCUT2D eigenvalue weighted by Crippen LogP contribution is 2.29. The van der Waals surface area contributed by atoms with E-state index in [0.717, 1.165) is 22.8 Å².